The van der Waals surface area contributed by atoms with Crippen LogP contribution < -0.4 is 15.5 Å². The van der Waals surface area contributed by atoms with Crippen molar-refractivity contribution in [3.8, 4) is 0 Å². The summed E-state index contributed by atoms with van der Waals surface area (Å²) in [5, 5.41) is 5.22. The van der Waals surface area contributed by atoms with Gasteiger partial charge in [0.1, 0.15) is 0 Å². The van der Waals surface area contributed by atoms with Gasteiger partial charge in [0.2, 0.25) is 5.91 Å². The van der Waals surface area contributed by atoms with Crippen LogP contribution in [-0.2, 0) is 11.2 Å². The lowest BCUT2D eigenvalue weighted by Crippen LogP contribution is -2.30. The number of rotatable bonds is 3. The van der Waals surface area contributed by atoms with E-state index in [0.717, 1.165) is 49.9 Å². The highest BCUT2D eigenvalue weighted by Crippen LogP contribution is 2.28. The summed E-state index contributed by atoms with van der Waals surface area (Å²) in [7, 11) is 0. The maximum absolute atomic E-state index is 11.8. The fourth-order valence-corrected chi connectivity index (χ4v) is 3.65. The van der Waals surface area contributed by atoms with Crippen LogP contribution in [0, 0.1) is 0 Å². The van der Waals surface area contributed by atoms with Gasteiger partial charge in [0.05, 0.1) is 5.25 Å². The number of thioether (sulfide) groups is 1. The molecule has 1 unspecified atom stereocenters. The third-order valence-electron chi connectivity index (χ3n) is 3.84. The van der Waals surface area contributed by atoms with E-state index >= 15 is 0 Å². The van der Waals surface area contributed by atoms with Gasteiger partial charge in [-0.2, -0.15) is 0 Å². The molecule has 6 heteroatoms. The number of imide groups is 1. The first-order chi connectivity index (χ1) is 10.2. The lowest BCUT2D eigenvalue weighted by Gasteiger charge is -2.25. The molecule has 1 atom stereocenters. The van der Waals surface area contributed by atoms with Crippen LogP contribution in [0.25, 0.3) is 0 Å². The van der Waals surface area contributed by atoms with Crippen molar-refractivity contribution in [3.05, 3.63) is 29.8 Å². The molecule has 2 amide bonds. The van der Waals surface area contributed by atoms with Crippen LogP contribution in [-0.4, -0.2) is 42.6 Å². The number of nitrogens with one attached hydrogen (secondary N) is 2. The molecule has 0 bridgehead atoms. The Morgan fingerprint density at radius 2 is 2.05 bits per heavy atom. The van der Waals surface area contributed by atoms with Gasteiger partial charge in [-0.25, -0.2) is 0 Å². The minimum atomic E-state index is -0.302. The Morgan fingerprint density at radius 1 is 1.19 bits per heavy atom. The third-order valence-corrected chi connectivity index (χ3v) is 4.83. The van der Waals surface area contributed by atoms with Gasteiger partial charge in [-0.15, -0.1) is 0 Å². The third kappa shape index (κ3) is 3.39. The molecule has 2 aliphatic rings. The van der Waals surface area contributed by atoms with Crippen LogP contribution in [0.1, 0.15) is 12.0 Å². The Hall–Kier alpha value is -1.53. The quantitative estimate of drug-likeness (QED) is 0.883. The second-order valence-corrected chi connectivity index (χ2v) is 6.48. The Morgan fingerprint density at radius 3 is 2.86 bits per heavy atom. The van der Waals surface area contributed by atoms with E-state index in [9.17, 15) is 9.59 Å². The Balaban J connectivity index is 1.78. The molecule has 0 aliphatic carbocycles. The zero-order valence-corrected chi connectivity index (χ0v) is 12.6. The number of anilines is 1. The first-order valence-corrected chi connectivity index (χ1v) is 8.17. The van der Waals surface area contributed by atoms with Crippen molar-refractivity contribution >= 4 is 28.6 Å². The molecule has 2 heterocycles. The highest BCUT2D eigenvalue weighted by Gasteiger charge is 2.32. The molecule has 5 nitrogen and oxygen atoms in total. The molecule has 2 saturated heterocycles. The standard InChI is InChI=1S/C15H19N3O2S/c19-14-13(21-15(20)17-14)10-11-4-1-2-5-12(11)18-8-3-6-16-7-9-18/h1-2,4-5,13,16H,3,6-10H2,(H,17,19,20). The van der Waals surface area contributed by atoms with Crippen molar-refractivity contribution in [2.75, 3.05) is 31.1 Å². The van der Waals surface area contributed by atoms with E-state index < -0.39 is 0 Å². The topological polar surface area (TPSA) is 61.4 Å². The molecule has 21 heavy (non-hydrogen) atoms. The van der Waals surface area contributed by atoms with E-state index in [4.69, 9.17) is 0 Å². The number of carbonyl (C=O) groups is 2. The Labute approximate surface area is 128 Å². The molecule has 0 radical (unpaired) electrons. The average molecular weight is 305 g/mol. The highest BCUT2D eigenvalue weighted by molar-refractivity contribution is 8.15. The molecule has 0 spiro atoms. The van der Waals surface area contributed by atoms with E-state index in [2.05, 4.69) is 27.7 Å². The van der Waals surface area contributed by atoms with Gasteiger partial charge in [-0.1, -0.05) is 30.0 Å². The second-order valence-electron chi connectivity index (χ2n) is 5.31. The minimum absolute atomic E-state index is 0.169. The summed E-state index contributed by atoms with van der Waals surface area (Å²) in [6.07, 6.45) is 1.72. The van der Waals surface area contributed by atoms with Gasteiger partial charge in [0, 0.05) is 25.3 Å². The van der Waals surface area contributed by atoms with Crippen LogP contribution in [0.15, 0.2) is 24.3 Å². The zero-order chi connectivity index (χ0) is 14.7. The van der Waals surface area contributed by atoms with Gasteiger partial charge in [-0.3, -0.25) is 14.9 Å². The first kappa shape index (κ1) is 14.4. The monoisotopic (exact) mass is 305 g/mol. The Bertz CT molecular complexity index is 541. The molecule has 2 N–H and O–H groups in total. The molecular weight excluding hydrogens is 286 g/mol. The second kappa shape index (κ2) is 6.49. The summed E-state index contributed by atoms with van der Waals surface area (Å²) in [5.74, 6) is -0.169. The lowest BCUT2D eigenvalue weighted by atomic mass is 10.1. The van der Waals surface area contributed by atoms with Gasteiger partial charge in [0.15, 0.2) is 0 Å². The van der Waals surface area contributed by atoms with E-state index in [-0.39, 0.29) is 16.4 Å². The summed E-state index contributed by atoms with van der Waals surface area (Å²) in [6.45, 7) is 4.02. The zero-order valence-electron chi connectivity index (χ0n) is 11.8. The number of amides is 2. The van der Waals surface area contributed by atoms with Crippen LogP contribution in [0.5, 0.6) is 0 Å². The molecule has 3 rings (SSSR count). The molecule has 1 aromatic rings. The van der Waals surface area contributed by atoms with Crippen LogP contribution in [0.2, 0.25) is 0 Å². The fourth-order valence-electron chi connectivity index (χ4n) is 2.81. The number of hydrogen-bond donors (Lipinski definition) is 2. The van der Waals surface area contributed by atoms with Crippen molar-refractivity contribution in [1.82, 2.24) is 10.6 Å². The number of hydrogen-bond acceptors (Lipinski definition) is 5. The molecule has 2 fully saturated rings. The van der Waals surface area contributed by atoms with Crippen molar-refractivity contribution in [3.63, 3.8) is 0 Å². The fraction of sp³-hybridized carbons (Fsp3) is 0.467. The van der Waals surface area contributed by atoms with Gasteiger partial charge < -0.3 is 10.2 Å². The van der Waals surface area contributed by atoms with Crippen LogP contribution >= 0.6 is 11.8 Å². The van der Waals surface area contributed by atoms with Gasteiger partial charge in [-0.05, 0) is 31.0 Å². The summed E-state index contributed by atoms with van der Waals surface area (Å²) >= 11 is 1.10. The van der Waals surface area contributed by atoms with Crippen molar-refractivity contribution in [2.24, 2.45) is 0 Å². The van der Waals surface area contributed by atoms with Crippen LogP contribution in [0.3, 0.4) is 0 Å². The maximum Gasteiger partial charge on any atom is 0.286 e. The number of nitrogens with zero attached hydrogens (tertiary/aromatic N) is 1. The SMILES string of the molecule is O=C1NC(=O)C(Cc2ccccc2N2CCCNCC2)S1. The molecule has 0 saturated carbocycles. The van der Waals surface area contributed by atoms with Gasteiger partial charge in [0.25, 0.3) is 5.24 Å². The number of carbonyl (C=O) groups excluding carboxylic acids is 2. The smallest absolute Gasteiger partial charge is 0.286 e. The molecule has 112 valence electrons. The Kier molecular flexibility index (Phi) is 4.45. The molecule has 1 aromatic carbocycles. The molecular formula is C15H19N3O2S. The predicted molar refractivity (Wildman–Crippen MR) is 84.8 cm³/mol. The van der Waals surface area contributed by atoms with Crippen LogP contribution in [0.4, 0.5) is 10.5 Å². The summed E-state index contributed by atoms with van der Waals surface area (Å²) in [5.41, 5.74) is 2.33. The summed E-state index contributed by atoms with van der Waals surface area (Å²) < 4.78 is 0. The average Bonchev–Trinajstić information content (AvgIpc) is 2.70. The van der Waals surface area contributed by atoms with E-state index in [0.29, 0.717) is 6.42 Å². The summed E-state index contributed by atoms with van der Waals surface area (Å²) in [4.78, 5) is 25.4. The van der Waals surface area contributed by atoms with Crippen molar-refractivity contribution in [2.45, 2.75) is 18.1 Å². The lowest BCUT2D eigenvalue weighted by molar-refractivity contribution is -0.118. The molecule has 0 aromatic heterocycles. The predicted octanol–water partition coefficient (Wildman–Crippen LogP) is 1.38. The van der Waals surface area contributed by atoms with E-state index in [1.165, 1.54) is 5.69 Å². The first-order valence-electron chi connectivity index (χ1n) is 7.29. The minimum Gasteiger partial charge on any atom is -0.370 e. The maximum atomic E-state index is 11.8. The molecule has 2 aliphatic heterocycles. The normalized spacial score (nSPS) is 23.0. The van der Waals surface area contributed by atoms with Crippen molar-refractivity contribution < 1.29 is 9.59 Å². The highest BCUT2D eigenvalue weighted by atomic mass is 32.2. The number of para-hydroxylation sites is 1. The van der Waals surface area contributed by atoms with Gasteiger partial charge >= 0.3 is 0 Å². The number of benzene rings is 1. The van der Waals surface area contributed by atoms with E-state index in [1.807, 2.05) is 12.1 Å². The van der Waals surface area contributed by atoms with E-state index in [1.54, 1.807) is 0 Å². The van der Waals surface area contributed by atoms with Crippen molar-refractivity contribution in [1.29, 1.82) is 0 Å². The summed E-state index contributed by atoms with van der Waals surface area (Å²) in [6, 6.07) is 8.20. The largest absolute Gasteiger partial charge is 0.370 e.